The van der Waals surface area contributed by atoms with Crippen molar-refractivity contribution in [3.8, 4) is 11.5 Å². The molecule has 0 saturated heterocycles. The van der Waals surface area contributed by atoms with Crippen LogP contribution in [-0.4, -0.2) is 14.2 Å². The van der Waals surface area contributed by atoms with Crippen LogP contribution >= 0.6 is 0 Å². The summed E-state index contributed by atoms with van der Waals surface area (Å²) >= 11 is 0. The fourth-order valence-corrected chi connectivity index (χ4v) is 6.17. The third kappa shape index (κ3) is 1.81. The SMILES string of the molecule is COc1ccc([C@@]23N=N[C@@](c4ccc(OC)cc4)([C@H]4CC=C[C@H]42)C3(C)C)cc1. The number of hydrogen-bond acceptors (Lipinski definition) is 4. The van der Waals surface area contributed by atoms with Gasteiger partial charge in [0.1, 0.15) is 22.6 Å². The normalized spacial score (nSPS) is 33.9. The molecule has 4 nitrogen and oxygen atoms in total. The third-order valence-corrected chi connectivity index (χ3v) is 7.52. The molecule has 0 unspecified atom stereocenters. The van der Waals surface area contributed by atoms with Crippen molar-refractivity contribution in [2.75, 3.05) is 14.2 Å². The summed E-state index contributed by atoms with van der Waals surface area (Å²) in [4.78, 5) is 0. The van der Waals surface area contributed by atoms with E-state index in [4.69, 9.17) is 19.7 Å². The van der Waals surface area contributed by atoms with E-state index in [2.05, 4.69) is 50.3 Å². The van der Waals surface area contributed by atoms with E-state index in [0.717, 1.165) is 17.9 Å². The van der Waals surface area contributed by atoms with Crippen LogP contribution in [0.4, 0.5) is 0 Å². The minimum absolute atomic E-state index is 0.163. The zero-order chi connectivity index (χ0) is 19.6. The highest BCUT2D eigenvalue weighted by Crippen LogP contribution is 2.76. The lowest BCUT2D eigenvalue weighted by Gasteiger charge is -2.41. The largest absolute Gasteiger partial charge is 0.497 e. The number of nitrogens with zero attached hydrogens (tertiary/aromatic N) is 2. The van der Waals surface area contributed by atoms with E-state index in [9.17, 15) is 0 Å². The molecule has 1 saturated carbocycles. The van der Waals surface area contributed by atoms with E-state index < -0.39 is 0 Å². The number of benzene rings is 2. The zero-order valence-corrected chi connectivity index (χ0v) is 16.8. The smallest absolute Gasteiger partial charge is 0.121 e. The first-order valence-corrected chi connectivity index (χ1v) is 9.91. The Morgan fingerprint density at radius 2 is 1.29 bits per heavy atom. The lowest BCUT2D eigenvalue weighted by Crippen LogP contribution is -2.44. The van der Waals surface area contributed by atoms with Gasteiger partial charge in [-0.2, -0.15) is 10.2 Å². The molecular weight excluding hydrogens is 348 g/mol. The summed E-state index contributed by atoms with van der Waals surface area (Å²) in [6.07, 6.45) is 5.73. The molecule has 2 aromatic carbocycles. The Balaban J connectivity index is 1.70. The quantitative estimate of drug-likeness (QED) is 0.664. The maximum absolute atomic E-state index is 5.38. The molecular formula is C24H26N2O2. The molecule has 4 heteroatoms. The average molecular weight is 374 g/mol. The Bertz CT molecular complexity index is 961. The zero-order valence-electron chi connectivity index (χ0n) is 16.8. The summed E-state index contributed by atoms with van der Waals surface area (Å²) in [6, 6.07) is 16.8. The molecule has 0 N–H and O–H groups in total. The van der Waals surface area contributed by atoms with Crippen molar-refractivity contribution < 1.29 is 9.47 Å². The fourth-order valence-electron chi connectivity index (χ4n) is 6.17. The second-order valence-corrected chi connectivity index (χ2v) is 8.61. The van der Waals surface area contributed by atoms with Gasteiger partial charge in [0.15, 0.2) is 0 Å². The van der Waals surface area contributed by atoms with Crippen molar-refractivity contribution in [2.45, 2.75) is 31.3 Å². The second kappa shape index (κ2) is 5.69. The van der Waals surface area contributed by atoms with Crippen LogP contribution in [-0.2, 0) is 11.1 Å². The topological polar surface area (TPSA) is 43.2 Å². The molecule has 4 atom stereocenters. The molecule has 5 rings (SSSR count). The summed E-state index contributed by atoms with van der Waals surface area (Å²) in [6.45, 7) is 4.68. The van der Waals surface area contributed by atoms with Gasteiger partial charge in [0.25, 0.3) is 0 Å². The monoisotopic (exact) mass is 374 g/mol. The predicted octanol–water partition coefficient (Wildman–Crippen LogP) is 5.49. The van der Waals surface area contributed by atoms with E-state index >= 15 is 0 Å². The van der Waals surface area contributed by atoms with E-state index in [1.54, 1.807) is 14.2 Å². The van der Waals surface area contributed by atoms with Crippen molar-refractivity contribution in [1.82, 2.24) is 0 Å². The van der Waals surface area contributed by atoms with Crippen LogP contribution in [0.5, 0.6) is 11.5 Å². The molecule has 0 aromatic heterocycles. The van der Waals surface area contributed by atoms with Crippen molar-refractivity contribution in [3.63, 3.8) is 0 Å². The molecule has 1 aliphatic heterocycles. The van der Waals surface area contributed by atoms with Crippen LogP contribution in [0.1, 0.15) is 31.4 Å². The number of ether oxygens (including phenoxy) is 2. The molecule has 0 amide bonds. The second-order valence-electron chi connectivity index (χ2n) is 8.61. The van der Waals surface area contributed by atoms with Gasteiger partial charge in [-0.3, -0.25) is 0 Å². The minimum Gasteiger partial charge on any atom is -0.497 e. The number of allylic oxidation sites excluding steroid dienone is 1. The molecule has 0 radical (unpaired) electrons. The molecule has 28 heavy (non-hydrogen) atoms. The highest BCUT2D eigenvalue weighted by Gasteiger charge is 2.77. The van der Waals surface area contributed by atoms with Crippen LogP contribution in [0.15, 0.2) is 70.9 Å². The van der Waals surface area contributed by atoms with Crippen molar-refractivity contribution >= 4 is 0 Å². The molecule has 2 aromatic rings. The Hall–Kier alpha value is -2.62. The van der Waals surface area contributed by atoms with Gasteiger partial charge in [0.05, 0.1) is 14.2 Å². The Labute approximate surface area is 166 Å². The van der Waals surface area contributed by atoms with Crippen LogP contribution < -0.4 is 9.47 Å². The van der Waals surface area contributed by atoms with Gasteiger partial charge in [-0.05, 0) is 41.8 Å². The van der Waals surface area contributed by atoms with Crippen molar-refractivity contribution in [2.24, 2.45) is 27.5 Å². The van der Waals surface area contributed by atoms with Gasteiger partial charge in [-0.15, -0.1) is 0 Å². The number of hydrogen-bond donors (Lipinski definition) is 0. The Kier molecular flexibility index (Phi) is 3.55. The average Bonchev–Trinajstić information content (AvgIpc) is 3.35. The van der Waals surface area contributed by atoms with Gasteiger partial charge in [-0.25, -0.2) is 0 Å². The van der Waals surface area contributed by atoms with Gasteiger partial charge < -0.3 is 9.47 Å². The van der Waals surface area contributed by atoms with Gasteiger partial charge in [0, 0.05) is 17.3 Å². The lowest BCUT2D eigenvalue weighted by molar-refractivity contribution is 0.150. The van der Waals surface area contributed by atoms with Crippen molar-refractivity contribution in [3.05, 3.63) is 71.8 Å². The summed E-state index contributed by atoms with van der Waals surface area (Å²) in [5.74, 6) is 2.49. The summed E-state index contributed by atoms with van der Waals surface area (Å²) in [7, 11) is 3.40. The van der Waals surface area contributed by atoms with Gasteiger partial charge in [-0.1, -0.05) is 50.3 Å². The number of methoxy groups -OCH3 is 2. The third-order valence-electron chi connectivity index (χ3n) is 7.52. The first kappa shape index (κ1) is 17.5. The van der Waals surface area contributed by atoms with Gasteiger partial charge in [0.2, 0.25) is 0 Å². The number of azo groups is 1. The number of rotatable bonds is 4. The molecule has 1 heterocycles. The lowest BCUT2D eigenvalue weighted by atomic mass is 9.61. The van der Waals surface area contributed by atoms with Crippen molar-refractivity contribution in [1.29, 1.82) is 0 Å². The maximum Gasteiger partial charge on any atom is 0.121 e. The van der Waals surface area contributed by atoms with E-state index in [0.29, 0.717) is 11.8 Å². The Morgan fingerprint density at radius 1 is 0.786 bits per heavy atom. The molecule has 0 spiro atoms. The van der Waals surface area contributed by atoms with E-state index in [-0.39, 0.29) is 16.5 Å². The number of fused-ring (bicyclic) bond motifs is 5. The highest BCUT2D eigenvalue weighted by molar-refractivity contribution is 5.49. The van der Waals surface area contributed by atoms with E-state index in [1.807, 2.05) is 24.3 Å². The summed E-state index contributed by atoms with van der Waals surface area (Å²) in [5, 5.41) is 10.1. The van der Waals surface area contributed by atoms with Crippen LogP contribution in [0.3, 0.4) is 0 Å². The van der Waals surface area contributed by atoms with E-state index in [1.165, 1.54) is 11.1 Å². The standard InChI is InChI=1S/C24H26N2O2/c1-22(2)23(16-8-12-18(27-3)13-9-16)20-6-5-7-21(20)24(22,26-25-23)17-10-14-19(28-4)15-11-17/h5-6,8-15,20-21H,7H2,1-4H3/t20-,21+,23-,24+/m1/s1. The summed E-state index contributed by atoms with van der Waals surface area (Å²) in [5.41, 5.74) is 1.58. The fraction of sp³-hybridized carbons (Fsp3) is 0.417. The molecule has 2 bridgehead atoms. The minimum atomic E-state index is -0.364. The highest BCUT2D eigenvalue weighted by atomic mass is 16.5. The molecule has 144 valence electrons. The molecule has 2 aliphatic carbocycles. The first-order valence-electron chi connectivity index (χ1n) is 9.91. The van der Waals surface area contributed by atoms with Crippen LogP contribution in [0, 0.1) is 17.3 Å². The van der Waals surface area contributed by atoms with Crippen LogP contribution in [0.2, 0.25) is 0 Å². The molecule has 1 fully saturated rings. The molecule has 3 aliphatic rings. The Morgan fingerprint density at radius 3 is 1.82 bits per heavy atom. The first-order chi connectivity index (χ1) is 13.5. The van der Waals surface area contributed by atoms with Crippen LogP contribution in [0.25, 0.3) is 0 Å². The summed E-state index contributed by atoms with van der Waals surface area (Å²) < 4.78 is 10.8. The maximum atomic E-state index is 5.38. The van der Waals surface area contributed by atoms with Gasteiger partial charge >= 0.3 is 0 Å². The predicted molar refractivity (Wildman–Crippen MR) is 109 cm³/mol.